The predicted molar refractivity (Wildman–Crippen MR) is 76.3 cm³/mol. The number of alkyl halides is 1. The van der Waals surface area contributed by atoms with E-state index >= 15 is 0 Å². The van der Waals surface area contributed by atoms with E-state index in [9.17, 15) is 15.3 Å². The summed E-state index contributed by atoms with van der Waals surface area (Å²) in [4.78, 5) is 0. The van der Waals surface area contributed by atoms with Crippen LogP contribution in [0.2, 0.25) is 0 Å². The lowest BCUT2D eigenvalue weighted by atomic mass is 9.97. The SMILES string of the molecule is CNCc1cn(C2C(OCCCl)OC(CO)C(O)C2O)nn1. The van der Waals surface area contributed by atoms with E-state index in [1.165, 1.54) is 4.68 Å². The Balaban J connectivity index is 2.21. The Morgan fingerprint density at radius 1 is 1.45 bits per heavy atom. The Kier molecular flexibility index (Phi) is 6.50. The number of nitrogens with one attached hydrogen (secondary N) is 1. The van der Waals surface area contributed by atoms with Gasteiger partial charge in [-0.25, -0.2) is 4.68 Å². The average molecular weight is 337 g/mol. The van der Waals surface area contributed by atoms with Crippen molar-refractivity contribution in [2.24, 2.45) is 0 Å². The Bertz CT molecular complexity index is 462. The van der Waals surface area contributed by atoms with E-state index in [1.807, 2.05) is 0 Å². The van der Waals surface area contributed by atoms with Gasteiger partial charge in [0.1, 0.15) is 24.4 Å². The molecule has 0 bridgehead atoms. The highest BCUT2D eigenvalue weighted by atomic mass is 35.5. The molecule has 5 unspecified atom stereocenters. The second-order valence-corrected chi connectivity index (χ2v) is 5.36. The van der Waals surface area contributed by atoms with Gasteiger partial charge in [0, 0.05) is 12.4 Å². The van der Waals surface area contributed by atoms with Crippen molar-refractivity contribution in [1.29, 1.82) is 0 Å². The summed E-state index contributed by atoms with van der Waals surface area (Å²) in [6.45, 7) is 0.272. The summed E-state index contributed by atoms with van der Waals surface area (Å²) in [7, 11) is 1.78. The number of aromatic nitrogens is 3. The topological polar surface area (TPSA) is 122 Å². The first-order chi connectivity index (χ1) is 10.6. The van der Waals surface area contributed by atoms with Crippen LogP contribution < -0.4 is 5.32 Å². The third kappa shape index (κ3) is 3.74. The largest absolute Gasteiger partial charge is 0.394 e. The third-order valence-corrected chi connectivity index (χ3v) is 3.58. The van der Waals surface area contributed by atoms with Crippen LogP contribution in [-0.2, 0) is 16.0 Å². The molecule has 1 fully saturated rings. The van der Waals surface area contributed by atoms with Gasteiger partial charge < -0.3 is 30.1 Å². The smallest absolute Gasteiger partial charge is 0.183 e. The molecule has 0 aliphatic carbocycles. The molecule has 1 aliphatic rings. The Labute approximate surface area is 132 Å². The molecular weight excluding hydrogens is 316 g/mol. The first-order valence-corrected chi connectivity index (χ1v) is 7.51. The lowest BCUT2D eigenvalue weighted by Crippen LogP contribution is -2.57. The molecule has 1 aromatic rings. The van der Waals surface area contributed by atoms with Crippen LogP contribution in [0.15, 0.2) is 6.20 Å². The summed E-state index contributed by atoms with van der Waals surface area (Å²) in [6.07, 6.45) is -2.69. The summed E-state index contributed by atoms with van der Waals surface area (Å²) in [5.41, 5.74) is 0.671. The maximum atomic E-state index is 10.3. The number of nitrogens with zero attached hydrogens (tertiary/aromatic N) is 3. The lowest BCUT2D eigenvalue weighted by Gasteiger charge is -2.41. The summed E-state index contributed by atoms with van der Waals surface area (Å²) in [5.74, 6) is 0.247. The van der Waals surface area contributed by atoms with Gasteiger partial charge in [-0.15, -0.1) is 16.7 Å². The highest BCUT2D eigenvalue weighted by Gasteiger charge is 2.46. The molecule has 5 atom stereocenters. The molecule has 1 aromatic heterocycles. The summed E-state index contributed by atoms with van der Waals surface area (Å²) < 4.78 is 12.4. The minimum absolute atomic E-state index is 0.196. The minimum atomic E-state index is -1.26. The van der Waals surface area contributed by atoms with Crippen LogP contribution in [0.25, 0.3) is 0 Å². The second kappa shape index (κ2) is 8.16. The zero-order valence-electron chi connectivity index (χ0n) is 12.2. The first kappa shape index (κ1) is 17.5. The van der Waals surface area contributed by atoms with Crippen molar-refractivity contribution in [3.63, 3.8) is 0 Å². The normalized spacial score (nSPS) is 32.3. The van der Waals surface area contributed by atoms with Crippen molar-refractivity contribution in [2.45, 2.75) is 37.2 Å². The van der Waals surface area contributed by atoms with Gasteiger partial charge in [0.2, 0.25) is 0 Å². The van der Waals surface area contributed by atoms with E-state index in [-0.39, 0.29) is 12.5 Å². The number of rotatable bonds is 7. The van der Waals surface area contributed by atoms with E-state index < -0.39 is 37.3 Å². The van der Waals surface area contributed by atoms with Crippen LogP contribution in [0.5, 0.6) is 0 Å². The predicted octanol–water partition coefficient (Wildman–Crippen LogP) is -1.77. The third-order valence-electron chi connectivity index (χ3n) is 3.43. The van der Waals surface area contributed by atoms with Gasteiger partial charge >= 0.3 is 0 Å². The highest BCUT2D eigenvalue weighted by Crippen LogP contribution is 2.30. The maximum Gasteiger partial charge on any atom is 0.183 e. The Morgan fingerprint density at radius 3 is 2.86 bits per heavy atom. The molecule has 0 spiro atoms. The van der Waals surface area contributed by atoms with Gasteiger partial charge in [0.05, 0.1) is 25.1 Å². The second-order valence-electron chi connectivity index (χ2n) is 4.98. The zero-order chi connectivity index (χ0) is 16.1. The van der Waals surface area contributed by atoms with Crippen molar-refractivity contribution in [1.82, 2.24) is 20.3 Å². The van der Waals surface area contributed by atoms with Crippen LogP contribution >= 0.6 is 11.6 Å². The maximum absolute atomic E-state index is 10.3. The van der Waals surface area contributed by atoms with Crippen LogP contribution in [0.1, 0.15) is 11.7 Å². The molecule has 10 heteroatoms. The number of hydrogen-bond acceptors (Lipinski definition) is 8. The Morgan fingerprint density at radius 2 is 2.23 bits per heavy atom. The Hall–Kier alpha value is -0.810. The fraction of sp³-hybridized carbons (Fsp3) is 0.833. The van der Waals surface area contributed by atoms with Gasteiger partial charge in [-0.1, -0.05) is 5.21 Å². The molecule has 22 heavy (non-hydrogen) atoms. The van der Waals surface area contributed by atoms with Gasteiger partial charge in [-0.3, -0.25) is 0 Å². The van der Waals surface area contributed by atoms with E-state index in [2.05, 4.69) is 15.6 Å². The molecule has 0 radical (unpaired) electrons. The standard InChI is InChI=1S/C12H21ClN4O5/c1-14-4-7-5-17(16-15-7)9-11(20)10(19)8(6-18)22-12(9)21-3-2-13/h5,8-12,14,18-20H,2-4,6H2,1H3. The van der Waals surface area contributed by atoms with Crippen LogP contribution in [0.4, 0.5) is 0 Å². The van der Waals surface area contributed by atoms with Crippen LogP contribution in [0.3, 0.4) is 0 Å². The minimum Gasteiger partial charge on any atom is -0.394 e. The number of aliphatic hydroxyl groups excluding tert-OH is 3. The number of ether oxygens (including phenoxy) is 2. The quantitative estimate of drug-likeness (QED) is 0.432. The van der Waals surface area contributed by atoms with Gasteiger partial charge in [0.15, 0.2) is 6.29 Å². The number of hydrogen-bond donors (Lipinski definition) is 4. The van der Waals surface area contributed by atoms with Gasteiger partial charge in [-0.05, 0) is 7.05 Å². The molecule has 2 rings (SSSR count). The van der Waals surface area contributed by atoms with E-state index in [4.69, 9.17) is 21.1 Å². The summed E-state index contributed by atoms with van der Waals surface area (Å²) >= 11 is 5.61. The van der Waals surface area contributed by atoms with E-state index in [0.29, 0.717) is 12.2 Å². The monoisotopic (exact) mass is 336 g/mol. The van der Waals surface area contributed by atoms with E-state index in [1.54, 1.807) is 13.2 Å². The molecule has 126 valence electrons. The molecule has 1 aliphatic heterocycles. The van der Waals surface area contributed by atoms with Crippen molar-refractivity contribution >= 4 is 11.6 Å². The molecule has 9 nitrogen and oxygen atoms in total. The van der Waals surface area contributed by atoms with Gasteiger partial charge in [-0.2, -0.15) is 0 Å². The molecule has 4 N–H and O–H groups in total. The van der Waals surface area contributed by atoms with E-state index in [0.717, 1.165) is 0 Å². The van der Waals surface area contributed by atoms with Crippen molar-refractivity contribution in [2.75, 3.05) is 26.1 Å². The summed E-state index contributed by atoms with van der Waals surface area (Å²) in [5, 5.41) is 40.5. The van der Waals surface area contributed by atoms with Crippen LogP contribution in [0, 0.1) is 0 Å². The van der Waals surface area contributed by atoms with Crippen molar-refractivity contribution < 1.29 is 24.8 Å². The summed E-state index contributed by atoms with van der Waals surface area (Å²) in [6, 6.07) is -0.792. The fourth-order valence-corrected chi connectivity index (χ4v) is 2.46. The average Bonchev–Trinajstić information content (AvgIpc) is 2.96. The van der Waals surface area contributed by atoms with Crippen molar-refractivity contribution in [3.8, 4) is 0 Å². The number of aliphatic hydroxyl groups is 3. The fourth-order valence-electron chi connectivity index (χ4n) is 2.37. The van der Waals surface area contributed by atoms with Crippen LogP contribution in [-0.4, -0.2) is 81.1 Å². The molecule has 1 saturated heterocycles. The van der Waals surface area contributed by atoms with Gasteiger partial charge in [0.25, 0.3) is 0 Å². The molecule has 0 amide bonds. The number of halogens is 1. The molecular formula is C12H21ClN4O5. The first-order valence-electron chi connectivity index (χ1n) is 6.97. The van der Waals surface area contributed by atoms with Crippen molar-refractivity contribution in [3.05, 3.63) is 11.9 Å². The highest BCUT2D eigenvalue weighted by molar-refractivity contribution is 6.17. The molecule has 2 heterocycles. The zero-order valence-corrected chi connectivity index (χ0v) is 12.9. The molecule has 0 saturated carbocycles. The molecule has 0 aromatic carbocycles. The lowest BCUT2D eigenvalue weighted by molar-refractivity contribution is -0.280.